The highest BCUT2D eigenvalue weighted by atomic mass is 19.1. The van der Waals surface area contributed by atoms with Gasteiger partial charge in [-0.05, 0) is 26.8 Å². The van der Waals surface area contributed by atoms with Gasteiger partial charge >= 0.3 is 6.09 Å². The Hall–Kier alpha value is -2.38. The number of nitro groups is 1. The Bertz CT molecular complexity index is 615. The van der Waals surface area contributed by atoms with Crippen molar-refractivity contribution in [3.8, 4) is 0 Å². The standard InChI is InChI=1S/C15H20FN3O4/c1-15(2,3)17-14(20)23-11-6-7-18(9-11)13-5-4-10(19(21)22)8-12(13)16/h4-5,8,11H,6-7,9H2,1-3H3,(H,17,20)/t11-/m1/s1. The number of nitrogens with one attached hydrogen (secondary N) is 1. The number of nitro benzene ring substituents is 1. The largest absolute Gasteiger partial charge is 0.444 e. The SMILES string of the molecule is CC(C)(C)NC(=O)O[C@@H]1CCN(c2ccc([N+](=O)[O-])cc2F)C1. The average Bonchev–Trinajstić information content (AvgIpc) is 2.84. The molecule has 23 heavy (non-hydrogen) atoms. The van der Waals surface area contributed by atoms with Crippen LogP contribution >= 0.6 is 0 Å². The molecule has 1 amide bonds. The molecule has 0 aliphatic carbocycles. The van der Waals surface area contributed by atoms with Crippen molar-refractivity contribution >= 4 is 17.5 Å². The molecule has 8 heteroatoms. The monoisotopic (exact) mass is 325 g/mol. The van der Waals surface area contributed by atoms with E-state index in [-0.39, 0.29) is 23.0 Å². The maximum atomic E-state index is 14.0. The Morgan fingerprint density at radius 3 is 2.74 bits per heavy atom. The zero-order valence-corrected chi connectivity index (χ0v) is 13.3. The van der Waals surface area contributed by atoms with Gasteiger partial charge in [0, 0.05) is 24.6 Å². The second kappa shape index (κ2) is 6.39. The van der Waals surface area contributed by atoms with Gasteiger partial charge in [0.2, 0.25) is 0 Å². The van der Waals surface area contributed by atoms with E-state index < -0.39 is 16.8 Å². The lowest BCUT2D eigenvalue weighted by atomic mass is 10.1. The van der Waals surface area contributed by atoms with Crippen LogP contribution in [0, 0.1) is 15.9 Å². The summed E-state index contributed by atoms with van der Waals surface area (Å²) in [5, 5.41) is 13.3. The lowest BCUT2D eigenvalue weighted by Gasteiger charge is -2.22. The summed E-state index contributed by atoms with van der Waals surface area (Å²) >= 11 is 0. The number of ether oxygens (including phenoxy) is 1. The van der Waals surface area contributed by atoms with E-state index in [0.29, 0.717) is 19.5 Å². The fraction of sp³-hybridized carbons (Fsp3) is 0.533. The van der Waals surface area contributed by atoms with E-state index in [1.165, 1.54) is 12.1 Å². The predicted molar refractivity (Wildman–Crippen MR) is 83.0 cm³/mol. The highest BCUT2D eigenvalue weighted by Gasteiger charge is 2.29. The summed E-state index contributed by atoms with van der Waals surface area (Å²) in [5.74, 6) is -0.654. The molecular weight excluding hydrogens is 305 g/mol. The van der Waals surface area contributed by atoms with Crippen LogP contribution in [0.4, 0.5) is 20.6 Å². The van der Waals surface area contributed by atoms with Crippen molar-refractivity contribution in [2.45, 2.75) is 38.8 Å². The van der Waals surface area contributed by atoms with Gasteiger partial charge < -0.3 is 15.0 Å². The van der Waals surface area contributed by atoms with Crippen molar-refractivity contribution in [2.75, 3.05) is 18.0 Å². The molecule has 126 valence electrons. The van der Waals surface area contributed by atoms with Gasteiger partial charge in [-0.25, -0.2) is 9.18 Å². The minimum atomic E-state index is -0.654. The molecule has 2 rings (SSSR count). The number of halogens is 1. The number of nitrogens with zero attached hydrogens (tertiary/aromatic N) is 2. The third kappa shape index (κ3) is 4.54. The van der Waals surface area contributed by atoms with Crippen LogP contribution in [0.1, 0.15) is 27.2 Å². The molecular formula is C15H20FN3O4. The van der Waals surface area contributed by atoms with Gasteiger partial charge in [0.1, 0.15) is 6.10 Å². The maximum Gasteiger partial charge on any atom is 0.407 e. The lowest BCUT2D eigenvalue weighted by molar-refractivity contribution is -0.385. The van der Waals surface area contributed by atoms with Gasteiger partial charge in [-0.15, -0.1) is 0 Å². The summed E-state index contributed by atoms with van der Waals surface area (Å²) in [5.41, 5.74) is -0.402. The van der Waals surface area contributed by atoms with E-state index in [4.69, 9.17) is 4.74 Å². The summed E-state index contributed by atoms with van der Waals surface area (Å²) < 4.78 is 19.3. The molecule has 1 atom stereocenters. The molecule has 1 aromatic rings. The topological polar surface area (TPSA) is 84.7 Å². The number of benzene rings is 1. The molecule has 7 nitrogen and oxygen atoms in total. The molecule has 1 aliphatic heterocycles. The summed E-state index contributed by atoms with van der Waals surface area (Å²) in [7, 11) is 0. The zero-order valence-electron chi connectivity index (χ0n) is 13.3. The lowest BCUT2D eigenvalue weighted by Crippen LogP contribution is -2.42. The molecule has 1 heterocycles. The number of carbonyl (C=O) groups excluding carboxylic acids is 1. The maximum absolute atomic E-state index is 14.0. The van der Waals surface area contributed by atoms with Crippen LogP contribution in [0.5, 0.6) is 0 Å². The number of alkyl carbamates (subject to hydrolysis) is 1. The molecule has 0 bridgehead atoms. The molecule has 0 spiro atoms. The third-order valence-corrected chi connectivity index (χ3v) is 3.38. The van der Waals surface area contributed by atoms with Crippen molar-refractivity contribution in [2.24, 2.45) is 0 Å². The average molecular weight is 325 g/mol. The van der Waals surface area contributed by atoms with Gasteiger partial charge in [-0.3, -0.25) is 10.1 Å². The van der Waals surface area contributed by atoms with E-state index in [0.717, 1.165) is 6.07 Å². The molecule has 1 saturated heterocycles. The molecule has 1 aromatic carbocycles. The number of hydrogen-bond acceptors (Lipinski definition) is 5. The first kappa shape index (κ1) is 17.0. The van der Waals surface area contributed by atoms with Crippen LogP contribution < -0.4 is 10.2 Å². The van der Waals surface area contributed by atoms with Gasteiger partial charge in [0.25, 0.3) is 5.69 Å². The van der Waals surface area contributed by atoms with E-state index in [9.17, 15) is 19.3 Å². The minimum absolute atomic E-state index is 0.276. The molecule has 1 fully saturated rings. The zero-order chi connectivity index (χ0) is 17.2. The number of carbonyl (C=O) groups is 1. The highest BCUT2D eigenvalue weighted by Crippen LogP contribution is 2.27. The second-order valence-corrected chi connectivity index (χ2v) is 6.53. The number of amides is 1. The second-order valence-electron chi connectivity index (χ2n) is 6.53. The third-order valence-electron chi connectivity index (χ3n) is 3.38. The minimum Gasteiger partial charge on any atom is -0.444 e. The molecule has 0 saturated carbocycles. The van der Waals surface area contributed by atoms with Gasteiger partial charge in [0.05, 0.1) is 23.2 Å². The van der Waals surface area contributed by atoms with Crippen LogP contribution in [0.3, 0.4) is 0 Å². The molecule has 0 aromatic heterocycles. The Labute approximate surface area is 133 Å². The predicted octanol–water partition coefficient (Wildman–Crippen LogP) is 2.84. The van der Waals surface area contributed by atoms with Crippen LogP contribution in [-0.2, 0) is 4.74 Å². The first-order chi connectivity index (χ1) is 10.7. The summed E-state index contributed by atoms with van der Waals surface area (Å²) in [6, 6.07) is 3.54. The summed E-state index contributed by atoms with van der Waals surface area (Å²) in [6.07, 6.45) is -0.269. The Balaban J connectivity index is 1.97. The van der Waals surface area contributed by atoms with Crippen LogP contribution in [0.15, 0.2) is 18.2 Å². The number of hydrogen-bond donors (Lipinski definition) is 1. The van der Waals surface area contributed by atoms with Crippen molar-refractivity contribution in [3.05, 3.63) is 34.1 Å². The Morgan fingerprint density at radius 2 is 2.17 bits per heavy atom. The normalized spacial score (nSPS) is 17.9. The fourth-order valence-electron chi connectivity index (χ4n) is 2.40. The summed E-state index contributed by atoms with van der Waals surface area (Å²) in [4.78, 5) is 23.5. The van der Waals surface area contributed by atoms with Crippen LogP contribution in [-0.4, -0.2) is 35.7 Å². The van der Waals surface area contributed by atoms with Crippen LogP contribution in [0.2, 0.25) is 0 Å². The van der Waals surface area contributed by atoms with E-state index in [2.05, 4.69) is 5.32 Å². The number of anilines is 1. The quantitative estimate of drug-likeness (QED) is 0.682. The number of rotatable bonds is 3. The van der Waals surface area contributed by atoms with E-state index in [1.807, 2.05) is 20.8 Å². The Morgan fingerprint density at radius 1 is 1.48 bits per heavy atom. The number of non-ortho nitro benzene ring substituents is 1. The van der Waals surface area contributed by atoms with Crippen molar-refractivity contribution in [1.29, 1.82) is 0 Å². The van der Waals surface area contributed by atoms with E-state index in [1.54, 1.807) is 4.90 Å². The first-order valence-electron chi connectivity index (χ1n) is 7.33. The Kier molecular flexibility index (Phi) is 4.72. The molecule has 0 unspecified atom stereocenters. The van der Waals surface area contributed by atoms with Crippen molar-refractivity contribution in [1.82, 2.24) is 5.32 Å². The first-order valence-corrected chi connectivity index (χ1v) is 7.33. The molecule has 1 aliphatic rings. The van der Waals surface area contributed by atoms with Crippen LogP contribution in [0.25, 0.3) is 0 Å². The van der Waals surface area contributed by atoms with Gasteiger partial charge in [-0.2, -0.15) is 0 Å². The van der Waals surface area contributed by atoms with Gasteiger partial charge in [0.15, 0.2) is 5.82 Å². The highest BCUT2D eigenvalue weighted by molar-refractivity contribution is 5.68. The van der Waals surface area contributed by atoms with E-state index >= 15 is 0 Å². The fourth-order valence-corrected chi connectivity index (χ4v) is 2.40. The van der Waals surface area contributed by atoms with Crippen molar-refractivity contribution < 1.29 is 18.8 Å². The smallest absolute Gasteiger partial charge is 0.407 e. The summed E-state index contributed by atoms with van der Waals surface area (Å²) in [6.45, 7) is 6.42. The van der Waals surface area contributed by atoms with Crippen molar-refractivity contribution in [3.63, 3.8) is 0 Å². The van der Waals surface area contributed by atoms with Gasteiger partial charge in [-0.1, -0.05) is 0 Å². The molecule has 1 N–H and O–H groups in total. The molecule has 0 radical (unpaired) electrons.